The number of carbonyl (C=O) groups is 1. The number of hydrogen-bond acceptors (Lipinski definition) is 2. The van der Waals surface area contributed by atoms with Crippen LogP contribution in [0.1, 0.15) is 5.56 Å². The fourth-order valence-electron chi connectivity index (χ4n) is 1.10. The van der Waals surface area contributed by atoms with E-state index in [1.165, 1.54) is 27.8 Å². The van der Waals surface area contributed by atoms with Gasteiger partial charge in [-0.1, -0.05) is 41.9 Å². The van der Waals surface area contributed by atoms with Gasteiger partial charge in [-0.3, -0.25) is 4.79 Å². The van der Waals surface area contributed by atoms with Crippen molar-refractivity contribution >= 4 is 29.3 Å². The number of thioether (sulfide) groups is 1. The summed E-state index contributed by atoms with van der Waals surface area (Å²) in [7, 11) is 3.43. The molecule has 4 heteroatoms. The van der Waals surface area contributed by atoms with Gasteiger partial charge in [0.25, 0.3) is 5.91 Å². The molecule has 0 fully saturated rings. The van der Waals surface area contributed by atoms with Crippen molar-refractivity contribution in [1.29, 1.82) is 0 Å². The molecule has 0 aliphatic heterocycles. The fraction of sp³-hybridized carbons (Fsp3) is 0.250. The lowest BCUT2D eigenvalue weighted by molar-refractivity contribution is -0.123. The maximum Gasteiger partial charge on any atom is 0.260 e. The lowest BCUT2D eigenvalue weighted by Crippen LogP contribution is -2.22. The van der Waals surface area contributed by atoms with Gasteiger partial charge in [0.15, 0.2) is 0 Å². The highest BCUT2D eigenvalue weighted by molar-refractivity contribution is 8.03. The Morgan fingerprint density at radius 3 is 2.50 bits per heavy atom. The molecule has 1 aromatic carbocycles. The average Bonchev–Trinajstić information content (AvgIpc) is 2.30. The Kier molecular flexibility index (Phi) is 5.43. The van der Waals surface area contributed by atoms with Crippen molar-refractivity contribution in [2.75, 3.05) is 14.1 Å². The largest absolute Gasteiger partial charge is 0.344 e. The van der Waals surface area contributed by atoms with Crippen LogP contribution >= 0.6 is 23.4 Å². The Labute approximate surface area is 105 Å². The minimum Gasteiger partial charge on any atom is -0.344 e. The summed E-state index contributed by atoms with van der Waals surface area (Å²) in [6.07, 6.45) is 0. The van der Waals surface area contributed by atoms with Gasteiger partial charge in [0.2, 0.25) is 0 Å². The fourth-order valence-corrected chi connectivity index (χ4v) is 2.26. The number of rotatable bonds is 4. The van der Waals surface area contributed by atoms with E-state index in [4.69, 9.17) is 11.6 Å². The van der Waals surface area contributed by atoms with E-state index in [0.29, 0.717) is 4.91 Å². The minimum atomic E-state index is -0.0593. The normalized spacial score (nSPS) is 11.3. The van der Waals surface area contributed by atoms with E-state index in [1.807, 2.05) is 30.3 Å². The van der Waals surface area contributed by atoms with Crippen molar-refractivity contribution in [3.63, 3.8) is 0 Å². The van der Waals surface area contributed by atoms with Gasteiger partial charge >= 0.3 is 0 Å². The van der Waals surface area contributed by atoms with Crippen LogP contribution in [0.3, 0.4) is 0 Å². The SMILES string of the molecule is CN(C)C(=O)/C(=C\Cl)SCc1ccccc1. The van der Waals surface area contributed by atoms with Gasteiger partial charge in [-0.2, -0.15) is 0 Å². The molecule has 86 valence electrons. The molecule has 0 atom stereocenters. The first-order chi connectivity index (χ1) is 7.65. The van der Waals surface area contributed by atoms with Gasteiger partial charge in [0, 0.05) is 25.4 Å². The summed E-state index contributed by atoms with van der Waals surface area (Å²) >= 11 is 7.09. The predicted molar refractivity (Wildman–Crippen MR) is 70.4 cm³/mol. The van der Waals surface area contributed by atoms with E-state index in [1.54, 1.807) is 14.1 Å². The molecular formula is C12H14ClNOS. The number of hydrogen-bond donors (Lipinski definition) is 0. The number of carbonyl (C=O) groups excluding carboxylic acids is 1. The van der Waals surface area contributed by atoms with Crippen LogP contribution in [-0.2, 0) is 10.5 Å². The van der Waals surface area contributed by atoms with Crippen molar-refractivity contribution in [2.45, 2.75) is 5.75 Å². The molecular weight excluding hydrogens is 242 g/mol. The smallest absolute Gasteiger partial charge is 0.260 e. The molecule has 1 amide bonds. The maximum absolute atomic E-state index is 11.6. The standard InChI is InChI=1S/C12H14ClNOS/c1-14(2)12(15)11(8-13)16-9-10-6-4-3-5-7-10/h3-8H,9H2,1-2H3/b11-8+. The van der Waals surface area contributed by atoms with Crippen molar-refractivity contribution in [2.24, 2.45) is 0 Å². The summed E-state index contributed by atoms with van der Waals surface area (Å²) < 4.78 is 0. The number of benzene rings is 1. The van der Waals surface area contributed by atoms with Gasteiger partial charge in [-0.05, 0) is 5.56 Å². The van der Waals surface area contributed by atoms with Crippen LogP contribution in [0.15, 0.2) is 40.8 Å². The minimum absolute atomic E-state index is 0.0593. The van der Waals surface area contributed by atoms with E-state index in [2.05, 4.69) is 0 Å². The third-order valence-electron chi connectivity index (χ3n) is 1.95. The van der Waals surface area contributed by atoms with Gasteiger partial charge in [-0.25, -0.2) is 0 Å². The van der Waals surface area contributed by atoms with Crippen molar-refractivity contribution in [1.82, 2.24) is 4.90 Å². The second-order valence-corrected chi connectivity index (χ2v) is 4.68. The molecule has 0 saturated heterocycles. The Morgan fingerprint density at radius 1 is 1.38 bits per heavy atom. The van der Waals surface area contributed by atoms with E-state index in [9.17, 15) is 4.79 Å². The van der Waals surface area contributed by atoms with Gasteiger partial charge < -0.3 is 4.90 Å². The molecule has 0 N–H and O–H groups in total. The predicted octanol–water partition coefficient (Wildman–Crippen LogP) is 3.09. The molecule has 2 nitrogen and oxygen atoms in total. The molecule has 1 rings (SSSR count). The summed E-state index contributed by atoms with van der Waals surface area (Å²) in [5, 5.41) is 0. The molecule has 0 saturated carbocycles. The Hall–Kier alpha value is -0.930. The number of halogens is 1. The summed E-state index contributed by atoms with van der Waals surface area (Å²) in [6, 6.07) is 9.98. The average molecular weight is 256 g/mol. The van der Waals surface area contributed by atoms with Crippen molar-refractivity contribution < 1.29 is 4.79 Å². The summed E-state index contributed by atoms with van der Waals surface area (Å²) in [5.74, 6) is 0.690. The van der Waals surface area contributed by atoms with Crippen LogP contribution in [0.4, 0.5) is 0 Å². The third-order valence-corrected chi connectivity index (χ3v) is 3.38. The number of likely N-dealkylation sites (N-methyl/N-ethyl adjacent to an activating group) is 1. The van der Waals surface area contributed by atoms with Gasteiger partial charge in [0.1, 0.15) is 0 Å². The lowest BCUT2D eigenvalue weighted by Gasteiger charge is -2.12. The highest BCUT2D eigenvalue weighted by atomic mass is 35.5. The zero-order valence-corrected chi connectivity index (χ0v) is 10.9. The second-order valence-electron chi connectivity index (χ2n) is 3.45. The summed E-state index contributed by atoms with van der Waals surface area (Å²) in [5.41, 5.74) is 2.52. The molecule has 0 aromatic heterocycles. The maximum atomic E-state index is 11.6. The van der Waals surface area contributed by atoms with Gasteiger partial charge in [0.05, 0.1) is 4.91 Å². The Bertz CT molecular complexity index is 376. The first kappa shape index (κ1) is 13.1. The topological polar surface area (TPSA) is 20.3 Å². The van der Waals surface area contributed by atoms with Crippen LogP contribution in [0.2, 0.25) is 0 Å². The molecule has 0 aliphatic rings. The van der Waals surface area contributed by atoms with Gasteiger partial charge in [-0.15, -0.1) is 11.8 Å². The van der Waals surface area contributed by atoms with Crippen molar-refractivity contribution in [3.8, 4) is 0 Å². The monoisotopic (exact) mass is 255 g/mol. The summed E-state index contributed by atoms with van der Waals surface area (Å²) in [6.45, 7) is 0. The third kappa shape index (κ3) is 3.91. The molecule has 1 aromatic rings. The van der Waals surface area contributed by atoms with Crippen LogP contribution in [0, 0.1) is 0 Å². The highest BCUT2D eigenvalue weighted by Crippen LogP contribution is 2.23. The highest BCUT2D eigenvalue weighted by Gasteiger charge is 2.11. The van der Waals surface area contributed by atoms with E-state index < -0.39 is 0 Å². The van der Waals surface area contributed by atoms with Crippen LogP contribution in [-0.4, -0.2) is 24.9 Å². The molecule has 0 radical (unpaired) electrons. The summed E-state index contributed by atoms with van der Waals surface area (Å²) in [4.78, 5) is 13.7. The molecule has 0 heterocycles. The van der Waals surface area contributed by atoms with Crippen molar-refractivity contribution in [3.05, 3.63) is 46.3 Å². The molecule has 0 unspecified atom stereocenters. The number of amides is 1. The zero-order chi connectivity index (χ0) is 12.0. The lowest BCUT2D eigenvalue weighted by atomic mass is 10.2. The molecule has 16 heavy (non-hydrogen) atoms. The Morgan fingerprint density at radius 2 is 2.00 bits per heavy atom. The molecule has 0 aliphatic carbocycles. The number of nitrogens with zero attached hydrogens (tertiary/aromatic N) is 1. The van der Waals surface area contributed by atoms with Crippen LogP contribution in [0.25, 0.3) is 0 Å². The molecule has 0 spiro atoms. The zero-order valence-electron chi connectivity index (χ0n) is 9.31. The van der Waals surface area contributed by atoms with Crippen LogP contribution in [0.5, 0.6) is 0 Å². The van der Waals surface area contributed by atoms with Crippen LogP contribution < -0.4 is 0 Å². The van der Waals surface area contributed by atoms with E-state index in [0.717, 1.165) is 5.75 Å². The second kappa shape index (κ2) is 6.61. The first-order valence-electron chi connectivity index (χ1n) is 4.84. The molecule has 0 bridgehead atoms. The Balaban J connectivity index is 2.57. The van der Waals surface area contributed by atoms with E-state index in [-0.39, 0.29) is 5.91 Å². The first-order valence-corrected chi connectivity index (χ1v) is 6.26. The quantitative estimate of drug-likeness (QED) is 0.771. The van der Waals surface area contributed by atoms with E-state index >= 15 is 0 Å².